The maximum Gasteiger partial charge on any atom is 0.229 e. The van der Waals surface area contributed by atoms with Gasteiger partial charge in [0.25, 0.3) is 0 Å². The van der Waals surface area contributed by atoms with E-state index in [1.165, 1.54) is 0 Å². The number of hydrogen-bond donors (Lipinski definition) is 0. The first-order chi connectivity index (χ1) is 50.7. The Labute approximate surface area is 649 Å². The minimum absolute atomic E-state index is 0.0579. The van der Waals surface area contributed by atoms with Gasteiger partial charge in [-0.15, -0.1) is 19.7 Å². The lowest BCUT2D eigenvalue weighted by Crippen LogP contribution is -2.53. The Morgan fingerprint density at radius 3 is 0.819 bits per heavy atom. The van der Waals surface area contributed by atoms with E-state index in [-0.39, 0.29) is 71.7 Å². The van der Waals surface area contributed by atoms with Gasteiger partial charge in [-0.2, -0.15) is 0 Å². The normalized spacial score (nSPS) is 25.3. The predicted molar refractivity (Wildman–Crippen MR) is 427 cm³/mol. The van der Waals surface area contributed by atoms with Gasteiger partial charge in [0.2, 0.25) is 17.7 Å². The van der Waals surface area contributed by atoms with E-state index >= 15 is 0 Å². The Morgan fingerprint density at radius 2 is 0.610 bits per heavy atom. The lowest BCUT2D eigenvalue weighted by atomic mass is 9.66. The molecule has 6 aliphatic rings. The molecule has 3 aliphatic carbocycles. The third kappa shape index (κ3) is 16.7. The zero-order valence-corrected chi connectivity index (χ0v) is 64.3. The van der Waals surface area contributed by atoms with Crippen LogP contribution in [0.25, 0.3) is 0 Å². The van der Waals surface area contributed by atoms with E-state index in [4.69, 9.17) is 84.6 Å². The molecular formula is C90H90Cl6N6O3. The van der Waals surface area contributed by atoms with Crippen molar-refractivity contribution in [2.45, 2.75) is 152 Å². The summed E-state index contributed by atoms with van der Waals surface area (Å²) in [6, 6.07) is 65.3. The molecule has 15 rings (SSSR count). The van der Waals surface area contributed by atoms with Gasteiger partial charge in [0, 0.05) is 66.5 Å². The number of nitrogens with zero attached hydrogens (tertiary/aromatic N) is 6. The number of carbonyl (C=O) groups is 3. The van der Waals surface area contributed by atoms with Crippen molar-refractivity contribution in [3.63, 3.8) is 0 Å². The Morgan fingerprint density at radius 1 is 0.352 bits per heavy atom. The van der Waals surface area contributed by atoms with Crippen molar-refractivity contribution in [2.75, 3.05) is 0 Å². The third-order valence-corrected chi connectivity index (χ3v) is 24.1. The molecule has 12 atom stereocenters. The summed E-state index contributed by atoms with van der Waals surface area (Å²) in [5.74, 6) is 1.86. The van der Waals surface area contributed by atoms with Crippen molar-refractivity contribution in [3.05, 3.63) is 337 Å². The molecule has 0 N–H and O–H groups in total. The van der Waals surface area contributed by atoms with Crippen LogP contribution in [0.3, 0.4) is 0 Å². The second kappa shape index (κ2) is 32.7. The molecule has 6 unspecified atom stereocenters. The smallest absolute Gasteiger partial charge is 0.229 e. The number of likely N-dealkylation sites (tertiary alicyclic amines) is 3. The molecular weight excluding hydrogens is 1430 g/mol. The molecule has 3 aromatic heterocycles. The second-order valence-electron chi connectivity index (χ2n) is 30.5. The fourth-order valence-electron chi connectivity index (χ4n) is 17.3. The molecule has 0 spiro atoms. The van der Waals surface area contributed by atoms with Crippen LogP contribution in [0.15, 0.2) is 257 Å². The number of hydrogen-bond acceptors (Lipinski definition) is 6. The zero-order chi connectivity index (χ0) is 73.7. The molecule has 0 radical (unpaired) electrons. The predicted octanol–water partition coefficient (Wildman–Crippen LogP) is 24.5. The van der Waals surface area contributed by atoms with Crippen LogP contribution in [-0.4, -0.2) is 47.4 Å². The SMILES string of the molecule is C=CCC1(C)C[C@H](c2cccc(Cl)c2)C(c2ccc(Cl)cc2)N([C@@H](c2ccccn2)C2CC2)C1=O.C=CCC1(C)C[C@H](c2cccc(Cl)c2)C(c2ccc(Cl)cc2)N([C@H](c2ccccn2)C2CC2)C1=O.C=CCC1(C)C[C@H](c2cccc(Cl)c2)C(c2ccc(Cl)cc2)N([C@H](c2ccccn2)C2CC2)C1=O. The van der Waals surface area contributed by atoms with E-state index in [1.54, 1.807) is 0 Å². The Hall–Kier alpha value is -7.86. The monoisotopic (exact) mass is 1510 g/mol. The molecule has 15 heteroatoms. The minimum atomic E-state index is -0.570. The zero-order valence-electron chi connectivity index (χ0n) is 59.7. The highest BCUT2D eigenvalue weighted by Gasteiger charge is 2.58. The van der Waals surface area contributed by atoms with Gasteiger partial charge in [-0.05, 0) is 237 Å². The highest BCUT2D eigenvalue weighted by atomic mass is 35.5. The van der Waals surface area contributed by atoms with E-state index in [1.807, 2.05) is 164 Å². The number of benzene rings is 6. The summed E-state index contributed by atoms with van der Waals surface area (Å²) in [6.45, 7) is 18.2. The van der Waals surface area contributed by atoms with Crippen LogP contribution in [0.4, 0.5) is 0 Å². The molecule has 6 aromatic carbocycles. The highest BCUT2D eigenvalue weighted by molar-refractivity contribution is 6.32. The van der Waals surface area contributed by atoms with Crippen LogP contribution < -0.4 is 0 Å². The summed E-state index contributed by atoms with van der Waals surface area (Å²) < 4.78 is 0. The number of pyridine rings is 3. The number of aromatic nitrogens is 3. The van der Waals surface area contributed by atoms with E-state index in [9.17, 15) is 14.4 Å². The average Bonchev–Trinajstić information content (AvgIpc) is 0.890. The summed E-state index contributed by atoms with van der Waals surface area (Å²) >= 11 is 38.2. The summed E-state index contributed by atoms with van der Waals surface area (Å²) in [5, 5.41) is 4.16. The molecule has 3 amide bonds. The number of halogens is 6. The molecule has 9 nitrogen and oxygen atoms in total. The van der Waals surface area contributed by atoms with Gasteiger partial charge in [-0.3, -0.25) is 29.3 Å². The highest BCUT2D eigenvalue weighted by Crippen LogP contribution is 2.61. The van der Waals surface area contributed by atoms with Gasteiger partial charge in [-0.1, -0.05) is 200 Å². The lowest BCUT2D eigenvalue weighted by molar-refractivity contribution is -0.156. The molecule has 540 valence electrons. The molecule has 9 aromatic rings. The third-order valence-electron chi connectivity index (χ3n) is 22.6. The standard InChI is InChI=1S/3C30H30Cl2N2O/c3*1-3-16-30(2)19-25(22-7-6-8-24(32)18-22)27(20-12-14-23(31)15-13-20)34(29(30)35)28(21-10-11-21)26-9-4-5-17-33-26/h3*3-9,12-15,17-18,21,25,27-28H,1,10-11,16,19H2,2H3/t2*25-,27?,28+,30?;25-,27?,28-,30?/m111/s1. The maximum absolute atomic E-state index is 14.5. The van der Waals surface area contributed by atoms with Crippen LogP contribution in [0, 0.1) is 34.0 Å². The van der Waals surface area contributed by atoms with Gasteiger partial charge < -0.3 is 14.7 Å². The number of amides is 3. The lowest BCUT2D eigenvalue weighted by Gasteiger charge is -2.52. The van der Waals surface area contributed by atoms with Crippen molar-refractivity contribution in [2.24, 2.45) is 34.0 Å². The Balaban J connectivity index is 0.000000140. The fraction of sp³-hybridized carbons (Fsp3) is 0.333. The van der Waals surface area contributed by atoms with Crippen LogP contribution >= 0.6 is 69.6 Å². The molecule has 3 saturated heterocycles. The molecule has 0 bridgehead atoms. The van der Waals surface area contributed by atoms with E-state index in [2.05, 4.69) is 128 Å². The second-order valence-corrected chi connectivity index (χ2v) is 33.1. The summed E-state index contributed by atoms with van der Waals surface area (Å²) in [4.78, 5) is 64.1. The fourth-order valence-corrected chi connectivity index (χ4v) is 18.3. The quantitative estimate of drug-likeness (QED) is 0.0665. The van der Waals surface area contributed by atoms with Gasteiger partial charge in [0.15, 0.2) is 0 Å². The largest absolute Gasteiger partial charge is 0.326 e. The topological polar surface area (TPSA) is 99.6 Å². The van der Waals surface area contributed by atoms with Gasteiger partial charge in [0.05, 0.1) is 69.6 Å². The number of carbonyl (C=O) groups excluding carboxylic acids is 3. The van der Waals surface area contributed by atoms with E-state index in [0.717, 1.165) is 89.0 Å². The maximum atomic E-state index is 14.5. The van der Waals surface area contributed by atoms with Crippen LogP contribution in [-0.2, 0) is 14.4 Å². The first-order valence-electron chi connectivity index (χ1n) is 36.8. The summed E-state index contributed by atoms with van der Waals surface area (Å²) in [6.07, 6.45) is 21.7. The Kier molecular flexibility index (Phi) is 23.5. The van der Waals surface area contributed by atoms with Gasteiger partial charge in [0.1, 0.15) is 0 Å². The average molecular weight is 1520 g/mol. The first-order valence-corrected chi connectivity index (χ1v) is 39.1. The van der Waals surface area contributed by atoms with E-state index in [0.29, 0.717) is 86.4 Å². The first kappa shape index (κ1) is 75.4. The van der Waals surface area contributed by atoms with Crippen molar-refractivity contribution < 1.29 is 14.4 Å². The number of rotatable bonds is 21. The van der Waals surface area contributed by atoms with Crippen molar-refractivity contribution in [1.29, 1.82) is 0 Å². The van der Waals surface area contributed by atoms with Gasteiger partial charge >= 0.3 is 0 Å². The number of allylic oxidation sites excluding steroid dienone is 3. The van der Waals surface area contributed by atoms with Crippen molar-refractivity contribution >= 4 is 87.3 Å². The Bertz CT molecular complexity index is 4080. The molecule has 3 saturated carbocycles. The number of piperidine rings is 3. The summed E-state index contributed by atoms with van der Waals surface area (Å²) in [5.41, 5.74) is 7.81. The van der Waals surface area contributed by atoms with Crippen molar-refractivity contribution in [3.8, 4) is 0 Å². The van der Waals surface area contributed by atoms with Crippen LogP contribution in [0.2, 0.25) is 30.1 Å². The molecule has 6 heterocycles. The molecule has 3 aliphatic heterocycles. The minimum Gasteiger partial charge on any atom is -0.326 e. The van der Waals surface area contributed by atoms with Crippen LogP contribution in [0.5, 0.6) is 0 Å². The van der Waals surface area contributed by atoms with Crippen LogP contribution in [0.1, 0.15) is 202 Å². The summed E-state index contributed by atoms with van der Waals surface area (Å²) in [7, 11) is 0. The van der Waals surface area contributed by atoms with Gasteiger partial charge in [-0.25, -0.2) is 0 Å². The molecule has 6 fully saturated rings. The molecule has 105 heavy (non-hydrogen) atoms. The van der Waals surface area contributed by atoms with E-state index < -0.39 is 16.2 Å². The van der Waals surface area contributed by atoms with Crippen molar-refractivity contribution in [1.82, 2.24) is 29.7 Å².